The van der Waals surface area contributed by atoms with Crippen molar-refractivity contribution in [2.24, 2.45) is 0 Å². The van der Waals surface area contributed by atoms with Gasteiger partial charge in [-0.2, -0.15) is 0 Å². The number of carbonyl (C=O) groups is 3. The molecular weight excluding hydrogens is 352 g/mol. The molecule has 0 saturated heterocycles. The van der Waals surface area contributed by atoms with E-state index in [1.165, 1.54) is 7.11 Å². The number of nitrogens with one attached hydrogen (secondary N) is 2. The quantitative estimate of drug-likeness (QED) is 0.722. The third kappa shape index (κ3) is 4.66. The van der Waals surface area contributed by atoms with Gasteiger partial charge in [0.2, 0.25) is 0 Å². The molecule has 1 heterocycles. The molecule has 2 aromatic rings. The summed E-state index contributed by atoms with van der Waals surface area (Å²) in [5, 5.41) is 2.64. The van der Waals surface area contributed by atoms with Crippen LogP contribution in [0, 0.1) is 13.8 Å². The third-order valence-corrected chi connectivity index (χ3v) is 3.83. The van der Waals surface area contributed by atoms with Gasteiger partial charge in [0.05, 0.1) is 25.0 Å². The fourth-order valence-corrected chi connectivity index (χ4v) is 2.60. The topological polar surface area (TPSA) is 107 Å². The van der Waals surface area contributed by atoms with Crippen LogP contribution >= 0.6 is 0 Å². The van der Waals surface area contributed by atoms with Crippen LogP contribution in [0.1, 0.15) is 39.0 Å². The minimum atomic E-state index is -0.737. The van der Waals surface area contributed by atoms with Crippen molar-refractivity contribution in [1.82, 2.24) is 4.98 Å². The van der Waals surface area contributed by atoms with Crippen LogP contribution in [0.15, 0.2) is 24.3 Å². The molecular formula is C19H22N2O6. The Labute approximate surface area is 156 Å². The molecule has 1 aromatic carbocycles. The van der Waals surface area contributed by atoms with E-state index in [1.807, 2.05) is 6.92 Å². The van der Waals surface area contributed by atoms with Crippen molar-refractivity contribution in [2.75, 3.05) is 25.6 Å². The van der Waals surface area contributed by atoms with Gasteiger partial charge in [-0.05, 0) is 38.5 Å². The van der Waals surface area contributed by atoms with Gasteiger partial charge in [0, 0.05) is 5.69 Å². The summed E-state index contributed by atoms with van der Waals surface area (Å²) in [4.78, 5) is 38.9. The SMILES string of the molecule is CCOc1ccccc1NC(=O)COC(=O)c1[nH]c(C)c(C(=O)OC)c1C. The number of aromatic nitrogens is 1. The minimum Gasteiger partial charge on any atom is -0.492 e. The lowest BCUT2D eigenvalue weighted by atomic mass is 10.1. The molecule has 0 unspecified atom stereocenters. The molecule has 0 saturated carbocycles. The molecule has 0 spiro atoms. The van der Waals surface area contributed by atoms with Crippen molar-refractivity contribution in [3.63, 3.8) is 0 Å². The summed E-state index contributed by atoms with van der Waals surface area (Å²) < 4.78 is 15.2. The second-order valence-electron chi connectivity index (χ2n) is 5.67. The van der Waals surface area contributed by atoms with Gasteiger partial charge in [-0.3, -0.25) is 4.79 Å². The number of amides is 1. The van der Waals surface area contributed by atoms with E-state index >= 15 is 0 Å². The number of rotatable bonds is 7. The van der Waals surface area contributed by atoms with Gasteiger partial charge in [0.15, 0.2) is 6.61 Å². The molecule has 0 aliphatic carbocycles. The van der Waals surface area contributed by atoms with E-state index in [0.29, 0.717) is 29.3 Å². The first-order chi connectivity index (χ1) is 12.9. The highest BCUT2D eigenvalue weighted by molar-refractivity contribution is 6.00. The van der Waals surface area contributed by atoms with Gasteiger partial charge < -0.3 is 24.5 Å². The summed E-state index contributed by atoms with van der Waals surface area (Å²) >= 11 is 0. The maximum atomic E-state index is 12.3. The van der Waals surface area contributed by atoms with Crippen molar-refractivity contribution in [1.29, 1.82) is 0 Å². The van der Waals surface area contributed by atoms with Crippen molar-refractivity contribution in [2.45, 2.75) is 20.8 Å². The van der Waals surface area contributed by atoms with Crippen LogP contribution in [0.4, 0.5) is 5.69 Å². The van der Waals surface area contributed by atoms with Gasteiger partial charge >= 0.3 is 11.9 Å². The predicted molar refractivity (Wildman–Crippen MR) is 98.1 cm³/mol. The second-order valence-corrected chi connectivity index (χ2v) is 5.67. The van der Waals surface area contributed by atoms with Crippen LogP contribution in [0.2, 0.25) is 0 Å². The third-order valence-electron chi connectivity index (χ3n) is 3.83. The Bertz CT molecular complexity index is 856. The number of hydrogen-bond acceptors (Lipinski definition) is 6. The molecule has 2 rings (SSSR count). The number of esters is 2. The Morgan fingerprint density at radius 1 is 1.11 bits per heavy atom. The number of aryl methyl sites for hydroxylation is 1. The minimum absolute atomic E-state index is 0.107. The first-order valence-corrected chi connectivity index (χ1v) is 8.35. The molecule has 0 aliphatic rings. The standard InChI is InChI=1S/C19H22N2O6/c1-5-26-14-9-7-6-8-13(14)21-15(22)10-27-19(24)17-11(2)16(12(3)20-17)18(23)25-4/h6-9,20H,5,10H2,1-4H3,(H,21,22). The van der Waals surface area contributed by atoms with Gasteiger partial charge in [0.25, 0.3) is 5.91 Å². The van der Waals surface area contributed by atoms with E-state index in [1.54, 1.807) is 38.1 Å². The number of benzene rings is 1. The number of carbonyl (C=O) groups excluding carboxylic acids is 3. The fourth-order valence-electron chi connectivity index (χ4n) is 2.60. The number of para-hydroxylation sites is 2. The first kappa shape index (κ1) is 20.0. The smallest absolute Gasteiger partial charge is 0.355 e. The average molecular weight is 374 g/mol. The molecule has 0 aliphatic heterocycles. The van der Waals surface area contributed by atoms with E-state index in [2.05, 4.69) is 10.3 Å². The van der Waals surface area contributed by atoms with Crippen molar-refractivity contribution >= 4 is 23.5 Å². The Hall–Kier alpha value is -3.29. The van der Waals surface area contributed by atoms with Gasteiger partial charge in [-0.15, -0.1) is 0 Å². The van der Waals surface area contributed by atoms with E-state index in [0.717, 1.165) is 0 Å². The van der Waals surface area contributed by atoms with Gasteiger partial charge in [-0.1, -0.05) is 12.1 Å². The average Bonchev–Trinajstić information content (AvgIpc) is 2.95. The summed E-state index contributed by atoms with van der Waals surface area (Å²) in [5.74, 6) is -1.27. The lowest BCUT2D eigenvalue weighted by Crippen LogP contribution is -2.21. The highest BCUT2D eigenvalue weighted by atomic mass is 16.5. The van der Waals surface area contributed by atoms with Crippen LogP contribution in [0.25, 0.3) is 0 Å². The molecule has 1 aromatic heterocycles. The van der Waals surface area contributed by atoms with Crippen LogP contribution in [0.3, 0.4) is 0 Å². The van der Waals surface area contributed by atoms with Crippen LogP contribution in [0.5, 0.6) is 5.75 Å². The van der Waals surface area contributed by atoms with Crippen molar-refractivity contribution in [3.8, 4) is 5.75 Å². The molecule has 0 radical (unpaired) electrons. The second kappa shape index (κ2) is 8.88. The highest BCUT2D eigenvalue weighted by Gasteiger charge is 2.23. The fraction of sp³-hybridized carbons (Fsp3) is 0.316. The zero-order chi connectivity index (χ0) is 20.0. The summed E-state index contributed by atoms with van der Waals surface area (Å²) in [7, 11) is 1.26. The molecule has 8 nitrogen and oxygen atoms in total. The number of anilines is 1. The largest absolute Gasteiger partial charge is 0.492 e. The number of ether oxygens (including phenoxy) is 3. The zero-order valence-electron chi connectivity index (χ0n) is 15.7. The molecule has 27 heavy (non-hydrogen) atoms. The summed E-state index contributed by atoms with van der Waals surface area (Å²) in [6, 6.07) is 6.95. The Morgan fingerprint density at radius 2 is 1.81 bits per heavy atom. The summed E-state index contributed by atoms with van der Waals surface area (Å²) in [5.41, 5.74) is 1.77. The van der Waals surface area contributed by atoms with E-state index in [4.69, 9.17) is 14.2 Å². The lowest BCUT2D eigenvalue weighted by molar-refractivity contribution is -0.119. The van der Waals surface area contributed by atoms with Crippen LogP contribution < -0.4 is 10.1 Å². The molecule has 0 atom stereocenters. The van der Waals surface area contributed by atoms with Crippen LogP contribution in [-0.2, 0) is 14.3 Å². The van der Waals surface area contributed by atoms with Gasteiger partial charge in [0.1, 0.15) is 11.4 Å². The Morgan fingerprint density at radius 3 is 2.48 bits per heavy atom. The summed E-state index contributed by atoms with van der Waals surface area (Å²) in [6.45, 7) is 5.06. The molecule has 0 fully saturated rings. The van der Waals surface area contributed by atoms with Crippen LogP contribution in [-0.4, -0.2) is 43.2 Å². The number of methoxy groups -OCH3 is 1. The zero-order valence-corrected chi connectivity index (χ0v) is 15.7. The predicted octanol–water partition coefficient (Wildman–Crippen LogP) is 2.61. The maximum absolute atomic E-state index is 12.3. The molecule has 8 heteroatoms. The highest BCUT2D eigenvalue weighted by Crippen LogP contribution is 2.23. The molecule has 2 N–H and O–H groups in total. The van der Waals surface area contributed by atoms with Crippen molar-refractivity contribution in [3.05, 3.63) is 46.8 Å². The van der Waals surface area contributed by atoms with E-state index in [-0.39, 0.29) is 11.3 Å². The Balaban J connectivity index is 2.02. The van der Waals surface area contributed by atoms with E-state index in [9.17, 15) is 14.4 Å². The number of aromatic amines is 1. The monoisotopic (exact) mass is 374 g/mol. The van der Waals surface area contributed by atoms with Gasteiger partial charge in [-0.25, -0.2) is 9.59 Å². The molecule has 0 bridgehead atoms. The Kier molecular flexibility index (Phi) is 6.59. The lowest BCUT2D eigenvalue weighted by Gasteiger charge is -2.11. The van der Waals surface area contributed by atoms with Crippen molar-refractivity contribution < 1.29 is 28.6 Å². The van der Waals surface area contributed by atoms with E-state index < -0.39 is 24.5 Å². The normalized spacial score (nSPS) is 10.2. The molecule has 144 valence electrons. The number of H-pyrrole nitrogens is 1. The first-order valence-electron chi connectivity index (χ1n) is 8.35. The maximum Gasteiger partial charge on any atom is 0.355 e. The molecule has 1 amide bonds. The number of hydrogen-bond donors (Lipinski definition) is 2. The summed E-state index contributed by atoms with van der Waals surface area (Å²) in [6.07, 6.45) is 0.